The fourth-order valence-electron chi connectivity index (χ4n) is 3.09. The highest BCUT2D eigenvalue weighted by Crippen LogP contribution is 2.31. The van der Waals surface area contributed by atoms with Crippen LogP contribution in [-0.4, -0.2) is 67.2 Å². The van der Waals surface area contributed by atoms with Crippen molar-refractivity contribution in [2.45, 2.75) is 20.0 Å². The summed E-state index contributed by atoms with van der Waals surface area (Å²) in [6, 6.07) is 9.39. The first-order valence-corrected chi connectivity index (χ1v) is 8.69. The van der Waals surface area contributed by atoms with Crippen LogP contribution in [0.5, 0.6) is 0 Å². The van der Waals surface area contributed by atoms with Crippen LogP contribution in [-0.2, 0) is 19.1 Å². The van der Waals surface area contributed by atoms with E-state index in [2.05, 4.69) is 0 Å². The normalized spacial score (nSPS) is 18.7. The zero-order valence-electron chi connectivity index (χ0n) is 14.7. The standard InChI is InChI=1S/C19H24N2O4/c1-14(2)25-13-10-21-18(22)16(15-6-4-3-5-7-15)17(19(21)23)20-8-11-24-12-9-20/h3-7,14H,8-13H2,1-2H3. The lowest BCUT2D eigenvalue weighted by Crippen LogP contribution is -2.41. The summed E-state index contributed by atoms with van der Waals surface area (Å²) < 4.78 is 10.9. The molecule has 2 aliphatic heterocycles. The van der Waals surface area contributed by atoms with Gasteiger partial charge in [-0.1, -0.05) is 30.3 Å². The minimum atomic E-state index is -0.245. The summed E-state index contributed by atoms with van der Waals surface area (Å²) in [5, 5.41) is 0. The second kappa shape index (κ2) is 7.80. The second-order valence-corrected chi connectivity index (χ2v) is 6.37. The fraction of sp³-hybridized carbons (Fsp3) is 0.474. The van der Waals surface area contributed by atoms with Crippen molar-refractivity contribution < 1.29 is 19.1 Å². The number of amides is 2. The summed E-state index contributed by atoms with van der Waals surface area (Å²) in [6.45, 7) is 6.81. The number of hydrogen-bond donors (Lipinski definition) is 0. The van der Waals surface area contributed by atoms with Crippen LogP contribution >= 0.6 is 0 Å². The van der Waals surface area contributed by atoms with E-state index in [1.165, 1.54) is 4.90 Å². The van der Waals surface area contributed by atoms with Gasteiger partial charge in [0.1, 0.15) is 5.70 Å². The molecule has 25 heavy (non-hydrogen) atoms. The largest absolute Gasteiger partial charge is 0.378 e. The van der Waals surface area contributed by atoms with Crippen molar-refractivity contribution in [3.8, 4) is 0 Å². The van der Waals surface area contributed by atoms with Crippen molar-refractivity contribution >= 4 is 17.4 Å². The third-order valence-corrected chi connectivity index (χ3v) is 4.30. The molecule has 0 atom stereocenters. The smallest absolute Gasteiger partial charge is 0.277 e. The van der Waals surface area contributed by atoms with Crippen LogP contribution in [0.15, 0.2) is 36.0 Å². The van der Waals surface area contributed by atoms with Crippen LogP contribution in [0.3, 0.4) is 0 Å². The Bertz CT molecular complexity index is 663. The van der Waals surface area contributed by atoms with Gasteiger partial charge in [-0.2, -0.15) is 0 Å². The molecule has 0 bridgehead atoms. The first kappa shape index (κ1) is 17.6. The highest BCUT2D eigenvalue weighted by atomic mass is 16.5. The molecule has 0 radical (unpaired) electrons. The number of carbonyl (C=O) groups is 2. The summed E-state index contributed by atoms with van der Waals surface area (Å²) in [5.74, 6) is -0.483. The van der Waals surface area contributed by atoms with E-state index in [0.717, 1.165) is 5.56 Å². The zero-order chi connectivity index (χ0) is 17.8. The van der Waals surface area contributed by atoms with Gasteiger partial charge in [-0.25, -0.2) is 0 Å². The lowest BCUT2D eigenvalue weighted by atomic mass is 10.0. The van der Waals surface area contributed by atoms with Gasteiger partial charge in [-0.05, 0) is 19.4 Å². The number of benzene rings is 1. The van der Waals surface area contributed by atoms with E-state index in [0.29, 0.717) is 44.2 Å². The third kappa shape index (κ3) is 3.75. The van der Waals surface area contributed by atoms with E-state index in [-0.39, 0.29) is 24.5 Å². The van der Waals surface area contributed by atoms with E-state index in [1.54, 1.807) is 0 Å². The van der Waals surface area contributed by atoms with Gasteiger partial charge >= 0.3 is 0 Å². The van der Waals surface area contributed by atoms with Crippen LogP contribution in [0.4, 0.5) is 0 Å². The van der Waals surface area contributed by atoms with Gasteiger partial charge in [0, 0.05) is 13.1 Å². The molecule has 1 aromatic rings. The highest BCUT2D eigenvalue weighted by Gasteiger charge is 2.41. The number of nitrogens with zero attached hydrogens (tertiary/aromatic N) is 2. The Balaban J connectivity index is 1.90. The Labute approximate surface area is 148 Å². The van der Waals surface area contributed by atoms with Crippen LogP contribution in [0.1, 0.15) is 19.4 Å². The number of rotatable bonds is 6. The molecule has 1 fully saturated rings. The van der Waals surface area contributed by atoms with Crippen molar-refractivity contribution in [3.05, 3.63) is 41.6 Å². The lowest BCUT2D eigenvalue weighted by molar-refractivity contribution is -0.138. The van der Waals surface area contributed by atoms with Gasteiger partial charge in [0.25, 0.3) is 11.8 Å². The van der Waals surface area contributed by atoms with Crippen molar-refractivity contribution in [1.29, 1.82) is 0 Å². The summed E-state index contributed by atoms with van der Waals surface area (Å²) >= 11 is 0. The zero-order valence-corrected chi connectivity index (χ0v) is 14.7. The Morgan fingerprint density at radius 3 is 2.40 bits per heavy atom. The van der Waals surface area contributed by atoms with E-state index < -0.39 is 0 Å². The number of imide groups is 1. The molecule has 6 nitrogen and oxygen atoms in total. The monoisotopic (exact) mass is 344 g/mol. The maximum atomic E-state index is 13.0. The average molecular weight is 344 g/mol. The summed E-state index contributed by atoms with van der Waals surface area (Å²) in [6.07, 6.45) is 0.0630. The number of hydrogen-bond acceptors (Lipinski definition) is 5. The predicted molar refractivity (Wildman–Crippen MR) is 93.6 cm³/mol. The van der Waals surface area contributed by atoms with Gasteiger partial charge in [0.05, 0.1) is 38.0 Å². The molecule has 0 unspecified atom stereocenters. The Morgan fingerprint density at radius 2 is 1.76 bits per heavy atom. The molecule has 2 amide bonds. The number of morpholine rings is 1. The first-order valence-electron chi connectivity index (χ1n) is 8.69. The molecule has 1 saturated heterocycles. The fourth-order valence-corrected chi connectivity index (χ4v) is 3.09. The average Bonchev–Trinajstić information content (AvgIpc) is 2.87. The SMILES string of the molecule is CC(C)OCCN1C(=O)C(c2ccccc2)=C(N2CCOCC2)C1=O. The van der Waals surface area contributed by atoms with E-state index in [4.69, 9.17) is 9.47 Å². The Kier molecular flexibility index (Phi) is 5.50. The van der Waals surface area contributed by atoms with Gasteiger partial charge in [0.2, 0.25) is 0 Å². The molecule has 0 spiro atoms. The molecule has 1 aromatic carbocycles. The topological polar surface area (TPSA) is 59.1 Å². The predicted octanol–water partition coefficient (Wildman–Crippen LogP) is 1.52. The maximum Gasteiger partial charge on any atom is 0.277 e. The molecule has 0 aromatic heterocycles. The van der Waals surface area contributed by atoms with Gasteiger partial charge in [0.15, 0.2) is 0 Å². The molecule has 2 heterocycles. The molecule has 0 aliphatic carbocycles. The van der Waals surface area contributed by atoms with E-state index in [1.807, 2.05) is 49.1 Å². The van der Waals surface area contributed by atoms with Crippen molar-refractivity contribution in [1.82, 2.24) is 9.80 Å². The second-order valence-electron chi connectivity index (χ2n) is 6.37. The van der Waals surface area contributed by atoms with E-state index in [9.17, 15) is 9.59 Å². The molecule has 0 saturated carbocycles. The molecule has 0 N–H and O–H groups in total. The molecule has 134 valence electrons. The van der Waals surface area contributed by atoms with Crippen molar-refractivity contribution in [2.24, 2.45) is 0 Å². The Morgan fingerprint density at radius 1 is 1.08 bits per heavy atom. The first-order chi connectivity index (χ1) is 12.1. The summed E-state index contributed by atoms with van der Waals surface area (Å²) in [7, 11) is 0. The summed E-state index contributed by atoms with van der Waals surface area (Å²) in [5.41, 5.74) is 1.75. The molecule has 2 aliphatic rings. The Hall–Kier alpha value is -2.18. The van der Waals surface area contributed by atoms with Crippen LogP contribution in [0.2, 0.25) is 0 Å². The molecule has 3 rings (SSSR count). The number of carbonyl (C=O) groups excluding carboxylic acids is 2. The maximum absolute atomic E-state index is 13.0. The highest BCUT2D eigenvalue weighted by molar-refractivity contribution is 6.35. The molecular weight excluding hydrogens is 320 g/mol. The van der Waals surface area contributed by atoms with Crippen molar-refractivity contribution in [2.75, 3.05) is 39.5 Å². The lowest BCUT2D eigenvalue weighted by Gasteiger charge is -2.29. The van der Waals surface area contributed by atoms with Crippen LogP contribution in [0.25, 0.3) is 5.57 Å². The molecule has 6 heteroatoms. The minimum absolute atomic E-state index is 0.0630. The quantitative estimate of drug-likeness (QED) is 0.733. The van der Waals surface area contributed by atoms with Gasteiger partial charge in [-0.15, -0.1) is 0 Å². The van der Waals surface area contributed by atoms with E-state index >= 15 is 0 Å². The third-order valence-electron chi connectivity index (χ3n) is 4.30. The van der Waals surface area contributed by atoms with Gasteiger partial charge in [-0.3, -0.25) is 14.5 Å². The molecular formula is C19H24N2O4. The van der Waals surface area contributed by atoms with Crippen molar-refractivity contribution in [3.63, 3.8) is 0 Å². The minimum Gasteiger partial charge on any atom is -0.378 e. The number of ether oxygens (including phenoxy) is 2. The van der Waals surface area contributed by atoms with Gasteiger partial charge < -0.3 is 14.4 Å². The summed E-state index contributed by atoms with van der Waals surface area (Å²) in [4.78, 5) is 29.2. The van der Waals surface area contributed by atoms with Crippen LogP contribution < -0.4 is 0 Å². The van der Waals surface area contributed by atoms with Crippen LogP contribution in [0, 0.1) is 0 Å².